The monoisotopic (exact) mass is 344 g/mol. The third-order valence-electron chi connectivity index (χ3n) is 3.73. The molecule has 0 spiro atoms. The van der Waals surface area contributed by atoms with E-state index in [1.54, 1.807) is 18.1 Å². The highest BCUT2D eigenvalue weighted by molar-refractivity contribution is 5.95. The second-order valence-corrected chi connectivity index (χ2v) is 5.61. The summed E-state index contributed by atoms with van der Waals surface area (Å²) in [7, 11) is 1.54. The molecular formula is C19H21FN2O3. The summed E-state index contributed by atoms with van der Waals surface area (Å²) < 4.78 is 18.2. The molecule has 0 aliphatic heterocycles. The van der Waals surface area contributed by atoms with Gasteiger partial charge in [0.1, 0.15) is 11.6 Å². The van der Waals surface area contributed by atoms with Gasteiger partial charge >= 0.3 is 0 Å². The number of nitrogens with one attached hydrogen (secondary N) is 1. The normalized spacial score (nSPS) is 10.2. The number of nitrogens with zero attached hydrogens (tertiary/aromatic N) is 1. The van der Waals surface area contributed by atoms with Crippen LogP contribution in [0.5, 0.6) is 5.75 Å². The summed E-state index contributed by atoms with van der Waals surface area (Å²) >= 11 is 0. The first-order valence-electron chi connectivity index (χ1n) is 7.89. The maximum Gasteiger partial charge on any atom is 0.251 e. The fourth-order valence-corrected chi connectivity index (χ4v) is 2.44. The molecule has 0 saturated carbocycles. The number of ether oxygens (including phenoxy) is 1. The zero-order valence-corrected chi connectivity index (χ0v) is 14.5. The number of rotatable bonds is 6. The van der Waals surface area contributed by atoms with Gasteiger partial charge in [-0.15, -0.1) is 0 Å². The van der Waals surface area contributed by atoms with Crippen LogP contribution in [0.3, 0.4) is 0 Å². The van der Waals surface area contributed by atoms with Crippen LogP contribution in [0.25, 0.3) is 0 Å². The Labute approximate surface area is 146 Å². The first-order chi connectivity index (χ1) is 11.9. The Morgan fingerprint density at radius 3 is 2.44 bits per heavy atom. The molecule has 6 heteroatoms. The van der Waals surface area contributed by atoms with Gasteiger partial charge in [-0.25, -0.2) is 4.39 Å². The second kappa shape index (κ2) is 8.28. The standard InChI is InChI=1S/C19H21FN2O3/c1-13-4-9-18(25-3)17(12-13)22(14(2)23)11-10-21-19(24)15-5-7-16(20)8-6-15/h4-9,12H,10-11H2,1-3H3,(H,21,24). The number of hydrogen-bond acceptors (Lipinski definition) is 3. The number of carbonyl (C=O) groups excluding carboxylic acids is 2. The molecule has 1 N–H and O–H groups in total. The van der Waals surface area contributed by atoms with Crippen LogP contribution in [0.4, 0.5) is 10.1 Å². The van der Waals surface area contributed by atoms with E-state index in [9.17, 15) is 14.0 Å². The average molecular weight is 344 g/mol. The van der Waals surface area contributed by atoms with E-state index in [0.29, 0.717) is 23.5 Å². The predicted molar refractivity (Wildman–Crippen MR) is 94.5 cm³/mol. The number of amides is 2. The lowest BCUT2D eigenvalue weighted by molar-refractivity contribution is -0.116. The van der Waals surface area contributed by atoms with Crippen molar-refractivity contribution in [1.29, 1.82) is 0 Å². The Bertz CT molecular complexity index is 760. The molecule has 0 radical (unpaired) electrons. The molecular weight excluding hydrogens is 323 g/mol. The van der Waals surface area contributed by atoms with Crippen LogP contribution >= 0.6 is 0 Å². The van der Waals surface area contributed by atoms with E-state index in [-0.39, 0.29) is 18.4 Å². The Morgan fingerprint density at radius 1 is 1.16 bits per heavy atom. The molecule has 0 atom stereocenters. The molecule has 132 valence electrons. The number of benzene rings is 2. The summed E-state index contributed by atoms with van der Waals surface area (Å²) in [5, 5.41) is 2.73. The van der Waals surface area contributed by atoms with Crippen molar-refractivity contribution in [3.63, 3.8) is 0 Å². The second-order valence-electron chi connectivity index (χ2n) is 5.61. The molecule has 0 aliphatic rings. The van der Waals surface area contributed by atoms with E-state index in [0.717, 1.165) is 5.56 Å². The summed E-state index contributed by atoms with van der Waals surface area (Å²) in [4.78, 5) is 25.6. The molecule has 0 aromatic heterocycles. The highest BCUT2D eigenvalue weighted by atomic mass is 19.1. The van der Waals surface area contributed by atoms with Crippen molar-refractivity contribution in [2.75, 3.05) is 25.1 Å². The van der Waals surface area contributed by atoms with E-state index >= 15 is 0 Å². The Morgan fingerprint density at radius 2 is 1.84 bits per heavy atom. The molecule has 25 heavy (non-hydrogen) atoms. The number of methoxy groups -OCH3 is 1. The number of halogens is 1. The van der Waals surface area contributed by atoms with Crippen molar-refractivity contribution in [2.24, 2.45) is 0 Å². The number of carbonyl (C=O) groups is 2. The molecule has 0 aliphatic carbocycles. The van der Waals surface area contributed by atoms with Crippen molar-refractivity contribution < 1.29 is 18.7 Å². The van der Waals surface area contributed by atoms with E-state index in [1.165, 1.54) is 31.2 Å². The summed E-state index contributed by atoms with van der Waals surface area (Å²) in [6.45, 7) is 3.94. The smallest absolute Gasteiger partial charge is 0.251 e. The van der Waals surface area contributed by atoms with Crippen LogP contribution in [0.15, 0.2) is 42.5 Å². The van der Waals surface area contributed by atoms with Gasteiger partial charge < -0.3 is 15.0 Å². The van der Waals surface area contributed by atoms with Crippen molar-refractivity contribution in [3.8, 4) is 5.75 Å². The maximum absolute atomic E-state index is 12.9. The van der Waals surface area contributed by atoms with Crippen LogP contribution < -0.4 is 15.0 Å². The topological polar surface area (TPSA) is 58.6 Å². The lowest BCUT2D eigenvalue weighted by Gasteiger charge is -2.24. The Kier molecular flexibility index (Phi) is 6.11. The van der Waals surface area contributed by atoms with Gasteiger partial charge in [0.05, 0.1) is 12.8 Å². The van der Waals surface area contributed by atoms with Crippen molar-refractivity contribution >= 4 is 17.5 Å². The summed E-state index contributed by atoms with van der Waals surface area (Å²) in [6.07, 6.45) is 0. The molecule has 5 nitrogen and oxygen atoms in total. The van der Waals surface area contributed by atoms with Crippen LogP contribution in [-0.2, 0) is 4.79 Å². The maximum atomic E-state index is 12.9. The SMILES string of the molecule is COc1ccc(C)cc1N(CCNC(=O)c1ccc(F)cc1)C(C)=O. The molecule has 2 aromatic rings. The molecule has 0 saturated heterocycles. The van der Waals surface area contributed by atoms with Gasteiger partial charge in [0.25, 0.3) is 5.91 Å². The number of anilines is 1. The quantitative estimate of drug-likeness (QED) is 0.876. The minimum atomic E-state index is -0.397. The first kappa shape index (κ1) is 18.4. The zero-order chi connectivity index (χ0) is 18.4. The average Bonchev–Trinajstić information content (AvgIpc) is 2.58. The van der Waals surface area contributed by atoms with Gasteiger partial charge in [0.2, 0.25) is 5.91 Å². The highest BCUT2D eigenvalue weighted by Crippen LogP contribution is 2.29. The minimum absolute atomic E-state index is 0.153. The summed E-state index contributed by atoms with van der Waals surface area (Å²) in [5.41, 5.74) is 2.02. The van der Waals surface area contributed by atoms with Gasteiger partial charge in [-0.2, -0.15) is 0 Å². The highest BCUT2D eigenvalue weighted by Gasteiger charge is 2.16. The van der Waals surface area contributed by atoms with Crippen molar-refractivity contribution in [3.05, 3.63) is 59.4 Å². The third kappa shape index (κ3) is 4.79. The first-order valence-corrected chi connectivity index (χ1v) is 7.89. The van der Waals surface area contributed by atoms with Gasteiger partial charge in [0, 0.05) is 25.6 Å². The van der Waals surface area contributed by atoms with Gasteiger partial charge in [-0.05, 0) is 48.9 Å². The van der Waals surface area contributed by atoms with Gasteiger partial charge in [-0.1, -0.05) is 6.07 Å². The largest absolute Gasteiger partial charge is 0.495 e. The fourth-order valence-electron chi connectivity index (χ4n) is 2.44. The molecule has 2 rings (SSSR count). The van der Waals surface area contributed by atoms with Crippen molar-refractivity contribution in [1.82, 2.24) is 5.32 Å². The van der Waals surface area contributed by atoms with E-state index in [2.05, 4.69) is 5.32 Å². The van der Waals surface area contributed by atoms with Crippen LogP contribution in [0.1, 0.15) is 22.8 Å². The van der Waals surface area contributed by atoms with E-state index < -0.39 is 5.82 Å². The molecule has 2 amide bonds. The fraction of sp³-hybridized carbons (Fsp3) is 0.263. The number of aryl methyl sites for hydroxylation is 1. The van der Waals surface area contributed by atoms with Gasteiger partial charge in [-0.3, -0.25) is 9.59 Å². The van der Waals surface area contributed by atoms with Crippen LogP contribution in [-0.4, -0.2) is 32.0 Å². The summed E-state index contributed by atoms with van der Waals surface area (Å²) in [5.74, 6) is -0.281. The number of hydrogen-bond donors (Lipinski definition) is 1. The van der Waals surface area contributed by atoms with Gasteiger partial charge in [0.15, 0.2) is 0 Å². The Hall–Kier alpha value is -2.89. The molecule has 0 bridgehead atoms. The van der Waals surface area contributed by atoms with Crippen LogP contribution in [0, 0.1) is 12.7 Å². The van der Waals surface area contributed by atoms with E-state index in [1.807, 2.05) is 19.1 Å². The van der Waals surface area contributed by atoms with Crippen molar-refractivity contribution in [2.45, 2.75) is 13.8 Å². The van der Waals surface area contributed by atoms with E-state index in [4.69, 9.17) is 4.74 Å². The minimum Gasteiger partial charge on any atom is -0.495 e. The third-order valence-corrected chi connectivity index (χ3v) is 3.73. The zero-order valence-electron chi connectivity index (χ0n) is 14.5. The lowest BCUT2D eigenvalue weighted by atomic mass is 10.2. The molecule has 0 unspecified atom stereocenters. The molecule has 2 aromatic carbocycles. The van der Waals surface area contributed by atoms with Crippen LogP contribution in [0.2, 0.25) is 0 Å². The molecule has 0 heterocycles. The predicted octanol–water partition coefficient (Wildman–Crippen LogP) is 2.93. The molecule has 0 fully saturated rings. The summed E-state index contributed by atoms with van der Waals surface area (Å²) in [6, 6.07) is 10.9. The lowest BCUT2D eigenvalue weighted by Crippen LogP contribution is -2.37. The Balaban J connectivity index is 2.05.